The van der Waals surface area contributed by atoms with Gasteiger partial charge in [-0.25, -0.2) is 4.79 Å². The number of hydrogen-bond donors (Lipinski definition) is 5. The molecule has 1 aromatic carbocycles. The highest BCUT2D eigenvalue weighted by Gasteiger charge is 2.29. The Labute approximate surface area is 195 Å². The Balaban J connectivity index is 2.93. The molecule has 0 aliphatic carbocycles. The van der Waals surface area contributed by atoms with Gasteiger partial charge in [-0.1, -0.05) is 51.1 Å². The fourth-order valence-electron chi connectivity index (χ4n) is 3.41. The van der Waals surface area contributed by atoms with Crippen molar-refractivity contribution < 1.29 is 29.4 Å². The van der Waals surface area contributed by atoms with Crippen LogP contribution >= 0.6 is 0 Å². The molecule has 0 heterocycles. The van der Waals surface area contributed by atoms with E-state index in [-0.39, 0.29) is 12.3 Å². The molecule has 5 N–H and O–H groups in total. The van der Waals surface area contributed by atoms with Crippen molar-refractivity contribution in [2.24, 2.45) is 11.8 Å². The summed E-state index contributed by atoms with van der Waals surface area (Å²) in [5.74, 6) is -2.78. The highest BCUT2D eigenvalue weighted by Crippen LogP contribution is 2.17. The van der Waals surface area contributed by atoms with Crippen LogP contribution in [0.1, 0.15) is 52.5 Å². The summed E-state index contributed by atoms with van der Waals surface area (Å²) in [4.78, 5) is 47.7. The van der Waals surface area contributed by atoms with Gasteiger partial charge in [0.05, 0.1) is 18.6 Å². The first-order chi connectivity index (χ1) is 15.5. The molecule has 0 fully saturated rings. The second-order valence-corrected chi connectivity index (χ2v) is 8.71. The van der Waals surface area contributed by atoms with Crippen LogP contribution in [0.3, 0.4) is 0 Å². The average Bonchev–Trinajstić information content (AvgIpc) is 2.75. The first-order valence-corrected chi connectivity index (χ1v) is 11.3. The third-order valence-electron chi connectivity index (χ3n) is 5.25. The molecule has 1 unspecified atom stereocenters. The number of aliphatic hydroxyl groups excluding tert-OH is 1. The third kappa shape index (κ3) is 11.0. The minimum Gasteiger partial charge on any atom is -0.480 e. The van der Waals surface area contributed by atoms with E-state index in [0.717, 1.165) is 5.56 Å². The Kier molecular flexibility index (Phi) is 12.1. The van der Waals surface area contributed by atoms with Crippen LogP contribution in [0.4, 0.5) is 0 Å². The molecule has 0 bridgehead atoms. The number of carboxylic acid groups (broad SMARTS) is 1. The van der Waals surface area contributed by atoms with Gasteiger partial charge in [-0.05, 0) is 30.7 Å². The van der Waals surface area contributed by atoms with Gasteiger partial charge in [-0.3, -0.25) is 14.4 Å². The number of amides is 3. The van der Waals surface area contributed by atoms with Gasteiger partial charge < -0.3 is 26.2 Å². The number of carbonyl (C=O) groups excluding carboxylic acids is 3. The van der Waals surface area contributed by atoms with E-state index in [9.17, 15) is 29.4 Å². The third-order valence-corrected chi connectivity index (χ3v) is 5.25. The van der Waals surface area contributed by atoms with Crippen LogP contribution in [-0.2, 0) is 25.6 Å². The van der Waals surface area contributed by atoms with E-state index in [1.54, 1.807) is 0 Å². The monoisotopic (exact) mass is 463 g/mol. The van der Waals surface area contributed by atoms with E-state index in [0.29, 0.717) is 25.3 Å². The van der Waals surface area contributed by atoms with Crippen LogP contribution in [0.5, 0.6) is 0 Å². The normalized spacial score (nSPS) is 14.6. The van der Waals surface area contributed by atoms with E-state index < -0.39 is 48.3 Å². The van der Waals surface area contributed by atoms with Crippen LogP contribution < -0.4 is 16.0 Å². The van der Waals surface area contributed by atoms with Crippen LogP contribution in [0.25, 0.3) is 0 Å². The molecular weight excluding hydrogens is 426 g/mol. The largest absolute Gasteiger partial charge is 0.480 e. The van der Waals surface area contributed by atoms with Crippen molar-refractivity contribution in [3.8, 4) is 0 Å². The van der Waals surface area contributed by atoms with Crippen molar-refractivity contribution in [3.63, 3.8) is 0 Å². The second kappa shape index (κ2) is 14.3. The van der Waals surface area contributed by atoms with Crippen LogP contribution in [-0.4, -0.2) is 58.6 Å². The van der Waals surface area contributed by atoms with E-state index >= 15 is 0 Å². The van der Waals surface area contributed by atoms with Gasteiger partial charge >= 0.3 is 5.97 Å². The molecule has 33 heavy (non-hydrogen) atoms. The Morgan fingerprint density at radius 2 is 1.67 bits per heavy atom. The van der Waals surface area contributed by atoms with E-state index in [4.69, 9.17) is 0 Å². The van der Waals surface area contributed by atoms with Crippen LogP contribution in [0.2, 0.25) is 0 Å². The molecule has 0 saturated carbocycles. The molecule has 9 heteroatoms. The topological polar surface area (TPSA) is 145 Å². The molecule has 0 aliphatic rings. The Morgan fingerprint density at radius 3 is 2.18 bits per heavy atom. The summed E-state index contributed by atoms with van der Waals surface area (Å²) in [6.45, 7) is 7.56. The molecule has 0 saturated heterocycles. The number of aliphatic hydroxyl groups is 1. The van der Waals surface area contributed by atoms with Crippen molar-refractivity contribution in [2.75, 3.05) is 6.54 Å². The van der Waals surface area contributed by atoms with E-state index in [2.05, 4.69) is 16.0 Å². The van der Waals surface area contributed by atoms with Gasteiger partial charge in [0.1, 0.15) is 6.04 Å². The molecule has 1 rings (SSSR count). The number of nitrogens with one attached hydrogen (secondary N) is 3. The molecule has 1 aromatic rings. The Hall–Kier alpha value is -2.94. The molecule has 0 radical (unpaired) electrons. The zero-order valence-corrected chi connectivity index (χ0v) is 19.8. The lowest BCUT2D eigenvalue weighted by atomic mass is 9.91. The van der Waals surface area contributed by atoms with Gasteiger partial charge in [0, 0.05) is 19.4 Å². The van der Waals surface area contributed by atoms with Crippen molar-refractivity contribution >= 4 is 23.7 Å². The first kappa shape index (κ1) is 28.1. The van der Waals surface area contributed by atoms with Gasteiger partial charge in [0.2, 0.25) is 17.7 Å². The maximum Gasteiger partial charge on any atom is 0.326 e. The van der Waals surface area contributed by atoms with Gasteiger partial charge in [0.25, 0.3) is 0 Å². The van der Waals surface area contributed by atoms with Gasteiger partial charge in [0.15, 0.2) is 0 Å². The van der Waals surface area contributed by atoms with Crippen molar-refractivity contribution in [3.05, 3.63) is 35.9 Å². The van der Waals surface area contributed by atoms with Gasteiger partial charge in [-0.15, -0.1) is 0 Å². The molecule has 0 aromatic heterocycles. The lowest BCUT2D eigenvalue weighted by molar-refractivity contribution is -0.143. The summed E-state index contributed by atoms with van der Waals surface area (Å²) in [6, 6.07) is 7.13. The molecule has 3 amide bonds. The predicted octanol–water partition coefficient (Wildman–Crippen LogP) is 1.24. The lowest BCUT2D eigenvalue weighted by Crippen LogP contribution is -2.49. The minimum atomic E-state index is -1.37. The van der Waals surface area contributed by atoms with E-state index in [1.165, 1.54) is 6.92 Å². The molecular formula is C24H37N3O6. The molecule has 0 spiro atoms. The highest BCUT2D eigenvalue weighted by atomic mass is 16.4. The van der Waals surface area contributed by atoms with E-state index in [1.807, 2.05) is 51.1 Å². The summed E-state index contributed by atoms with van der Waals surface area (Å²) < 4.78 is 0. The summed E-state index contributed by atoms with van der Waals surface area (Å²) >= 11 is 0. The lowest BCUT2D eigenvalue weighted by Gasteiger charge is -2.28. The molecule has 4 atom stereocenters. The number of carbonyl (C=O) groups is 4. The van der Waals surface area contributed by atoms with Crippen LogP contribution in [0, 0.1) is 11.8 Å². The molecule has 9 nitrogen and oxygen atoms in total. The fourth-order valence-corrected chi connectivity index (χ4v) is 3.41. The fraction of sp³-hybridized carbons (Fsp3) is 0.583. The summed E-state index contributed by atoms with van der Waals surface area (Å²) in [7, 11) is 0. The summed E-state index contributed by atoms with van der Waals surface area (Å²) in [5.41, 5.74) is 0.871. The zero-order valence-electron chi connectivity index (χ0n) is 19.8. The maximum absolute atomic E-state index is 12.6. The van der Waals surface area contributed by atoms with Gasteiger partial charge in [-0.2, -0.15) is 0 Å². The van der Waals surface area contributed by atoms with Crippen molar-refractivity contribution in [1.29, 1.82) is 0 Å². The summed E-state index contributed by atoms with van der Waals surface area (Å²) in [5, 5.41) is 28.0. The number of hydrogen-bond acceptors (Lipinski definition) is 5. The minimum absolute atomic E-state index is 0.145. The Morgan fingerprint density at radius 1 is 1.03 bits per heavy atom. The Bertz CT molecular complexity index is 784. The molecule has 184 valence electrons. The zero-order chi connectivity index (χ0) is 25.0. The average molecular weight is 464 g/mol. The number of rotatable bonds is 14. The molecule has 0 aliphatic heterocycles. The number of aliphatic carboxylic acids is 1. The smallest absolute Gasteiger partial charge is 0.326 e. The number of benzene rings is 1. The quantitative estimate of drug-likeness (QED) is 0.281. The number of carboxylic acids is 1. The summed E-state index contributed by atoms with van der Waals surface area (Å²) in [6.07, 6.45) is -0.537. The highest BCUT2D eigenvalue weighted by molar-refractivity contribution is 5.88. The predicted molar refractivity (Wildman–Crippen MR) is 124 cm³/mol. The SMILES string of the molecule is CC[C@H](C[C@H](O)[C@H](Cc1ccccc1)NC(=O)CC(NC(C)=O)C(=O)O)C(=O)NCC(C)C. The first-order valence-electron chi connectivity index (χ1n) is 11.3. The van der Waals surface area contributed by atoms with Crippen molar-refractivity contribution in [2.45, 2.75) is 71.6 Å². The second-order valence-electron chi connectivity index (χ2n) is 8.71. The van der Waals surface area contributed by atoms with Crippen LogP contribution in [0.15, 0.2) is 30.3 Å². The van der Waals surface area contributed by atoms with Crippen molar-refractivity contribution in [1.82, 2.24) is 16.0 Å². The maximum atomic E-state index is 12.6. The standard InChI is InChI=1S/C24H37N3O6/c1-5-18(23(31)25-14-15(2)3)12-21(29)19(11-17-9-7-6-8-10-17)27-22(30)13-20(24(32)33)26-16(4)28/h6-10,15,18-21,29H,5,11-14H2,1-4H3,(H,25,31)(H,26,28)(H,27,30)(H,32,33)/t18-,19+,20?,21+/m1/s1.